The first-order chi connectivity index (χ1) is 15.5. The van der Waals surface area contributed by atoms with E-state index >= 15 is 0 Å². The lowest BCUT2D eigenvalue weighted by molar-refractivity contribution is -0.138. The van der Waals surface area contributed by atoms with E-state index in [4.69, 9.17) is 0 Å². The lowest BCUT2D eigenvalue weighted by atomic mass is 10.1. The Hall–Kier alpha value is -3.07. The summed E-state index contributed by atoms with van der Waals surface area (Å²) in [7, 11) is -4.59. The summed E-state index contributed by atoms with van der Waals surface area (Å²) in [5.74, 6) is 0. The number of hydrogen-bond acceptors (Lipinski definition) is 2. The maximum atomic E-state index is 14.0. The fourth-order valence-electron chi connectivity index (χ4n) is 3.09. The van der Waals surface area contributed by atoms with E-state index in [0.29, 0.717) is 36.4 Å². The van der Waals surface area contributed by atoms with Crippen LogP contribution in [0, 0.1) is 0 Å². The number of carbonyl (C=O) groups excluding carboxylic acids is 1. The Balaban J connectivity index is 2.15. The highest BCUT2D eigenvalue weighted by Crippen LogP contribution is 2.48. The first kappa shape index (κ1) is 25.6. The first-order valence-corrected chi connectivity index (χ1v) is 10.9. The number of benzene rings is 3. The lowest BCUT2D eigenvalue weighted by Crippen LogP contribution is -2.24. The molecule has 3 aromatic carbocycles. The average molecular weight is 510 g/mol. The third-order valence-corrected chi connectivity index (χ3v) is 7.74. The maximum Gasteiger partial charge on any atom is 0.416 e. The molecule has 0 saturated carbocycles. The van der Waals surface area contributed by atoms with Crippen molar-refractivity contribution in [2.45, 2.75) is 18.5 Å². The van der Waals surface area contributed by atoms with E-state index in [-0.39, 0.29) is 0 Å². The molecule has 3 aromatic rings. The van der Waals surface area contributed by atoms with E-state index in [1.807, 2.05) is 0 Å². The molecular formula is C22H12F9O2P. The van der Waals surface area contributed by atoms with Crippen molar-refractivity contribution in [1.29, 1.82) is 0 Å². The number of rotatable bonds is 4. The van der Waals surface area contributed by atoms with Gasteiger partial charge in [-0.1, -0.05) is 36.4 Å². The molecule has 3 rings (SSSR count). The van der Waals surface area contributed by atoms with Crippen LogP contribution in [-0.4, -0.2) is 5.52 Å². The highest BCUT2D eigenvalue weighted by molar-refractivity contribution is 7.93. The second-order valence-corrected chi connectivity index (χ2v) is 9.74. The lowest BCUT2D eigenvalue weighted by Gasteiger charge is -2.20. The van der Waals surface area contributed by atoms with Crippen molar-refractivity contribution >= 4 is 23.3 Å². The van der Waals surface area contributed by atoms with Gasteiger partial charge in [0.15, 0.2) is 0 Å². The molecule has 12 heteroatoms. The van der Waals surface area contributed by atoms with E-state index in [1.54, 1.807) is 0 Å². The maximum absolute atomic E-state index is 14.0. The quantitative estimate of drug-likeness (QED) is 0.283. The van der Waals surface area contributed by atoms with Gasteiger partial charge >= 0.3 is 18.5 Å². The minimum absolute atomic E-state index is 0.426. The van der Waals surface area contributed by atoms with Crippen molar-refractivity contribution in [1.82, 2.24) is 0 Å². The van der Waals surface area contributed by atoms with Crippen LogP contribution in [0.5, 0.6) is 0 Å². The first-order valence-electron chi connectivity index (χ1n) is 9.22. The van der Waals surface area contributed by atoms with Crippen LogP contribution in [-0.2, 0) is 23.1 Å². The Labute approximate surface area is 186 Å². The topological polar surface area (TPSA) is 34.1 Å². The molecule has 0 atom stereocenters. The molecule has 34 heavy (non-hydrogen) atoms. The molecule has 0 aliphatic heterocycles. The number of hydrogen-bond donors (Lipinski definition) is 0. The van der Waals surface area contributed by atoms with Gasteiger partial charge in [-0.3, -0.25) is 4.79 Å². The summed E-state index contributed by atoms with van der Waals surface area (Å²) < 4.78 is 130. The molecule has 0 fully saturated rings. The molecule has 0 bridgehead atoms. The van der Waals surface area contributed by atoms with E-state index < -0.39 is 64.1 Å². The number of alkyl halides is 9. The van der Waals surface area contributed by atoms with Crippen LogP contribution in [0.25, 0.3) is 0 Å². The molecule has 0 aliphatic rings. The monoisotopic (exact) mass is 510 g/mol. The third kappa shape index (κ3) is 5.04. The van der Waals surface area contributed by atoms with Crippen LogP contribution >= 0.6 is 7.14 Å². The van der Waals surface area contributed by atoms with Gasteiger partial charge in [-0.2, -0.15) is 39.5 Å². The van der Waals surface area contributed by atoms with E-state index in [1.165, 1.54) is 0 Å². The molecular weight excluding hydrogens is 498 g/mol. The van der Waals surface area contributed by atoms with E-state index in [2.05, 4.69) is 0 Å². The zero-order chi connectivity index (χ0) is 25.5. The van der Waals surface area contributed by atoms with Crippen LogP contribution in [0.3, 0.4) is 0 Å². The predicted octanol–water partition coefficient (Wildman–Crippen LogP) is 6.90. The van der Waals surface area contributed by atoms with Gasteiger partial charge in [0.1, 0.15) is 0 Å². The number of halogens is 9. The van der Waals surface area contributed by atoms with Gasteiger partial charge < -0.3 is 4.57 Å². The summed E-state index contributed by atoms with van der Waals surface area (Å²) in [6.07, 6.45) is -14.2. The van der Waals surface area contributed by atoms with Gasteiger partial charge in [0, 0.05) is 16.2 Å². The Kier molecular flexibility index (Phi) is 6.47. The van der Waals surface area contributed by atoms with Crippen molar-refractivity contribution in [3.8, 4) is 0 Å². The van der Waals surface area contributed by atoms with Gasteiger partial charge in [-0.05, 0) is 36.4 Å². The summed E-state index contributed by atoms with van der Waals surface area (Å²) in [6.45, 7) is 0. The Morgan fingerprint density at radius 1 is 0.500 bits per heavy atom. The molecule has 180 valence electrons. The highest BCUT2D eigenvalue weighted by atomic mass is 31.2. The normalized spacial score (nSPS) is 13.1. The van der Waals surface area contributed by atoms with Gasteiger partial charge in [-0.15, -0.1) is 0 Å². The minimum Gasteiger partial charge on any atom is -0.305 e. The molecule has 0 radical (unpaired) electrons. The number of carbonyl (C=O) groups is 1. The van der Waals surface area contributed by atoms with Gasteiger partial charge in [0.25, 0.3) is 0 Å². The molecule has 0 spiro atoms. The summed E-state index contributed by atoms with van der Waals surface area (Å²) >= 11 is 0. The van der Waals surface area contributed by atoms with Crippen molar-refractivity contribution < 1.29 is 48.9 Å². The molecule has 0 aromatic heterocycles. The average Bonchev–Trinajstić information content (AvgIpc) is 2.76. The van der Waals surface area contributed by atoms with E-state index in [9.17, 15) is 48.9 Å². The van der Waals surface area contributed by atoms with E-state index in [0.717, 1.165) is 36.4 Å². The molecule has 0 saturated heterocycles. The Morgan fingerprint density at radius 2 is 0.765 bits per heavy atom. The standard InChI is InChI=1S/C22H12F9O2P/c23-20(24,25)14-3-1-13(2-4-14)19(32)34(33,17-9-5-15(6-10-17)21(26,27)28)18-11-7-16(8-12-18)22(29,30)31/h1-12H. The minimum atomic E-state index is -4.76. The summed E-state index contributed by atoms with van der Waals surface area (Å²) in [6, 6.07) is 7.79. The molecule has 2 nitrogen and oxygen atoms in total. The molecule has 0 N–H and O–H groups in total. The van der Waals surface area contributed by atoms with Crippen LogP contribution in [0.1, 0.15) is 27.0 Å². The van der Waals surface area contributed by atoms with Crippen molar-refractivity contribution in [2.75, 3.05) is 0 Å². The summed E-state index contributed by atoms with van der Waals surface area (Å²) in [4.78, 5) is 13.2. The molecule has 0 aliphatic carbocycles. The third-order valence-electron chi connectivity index (χ3n) is 4.86. The molecule has 0 amide bonds. The SMILES string of the molecule is O=C(c1ccc(C(F)(F)F)cc1)P(=O)(c1ccc(C(F)(F)F)cc1)c1ccc(C(F)(F)F)cc1. The van der Waals surface area contributed by atoms with Crippen molar-refractivity contribution in [3.63, 3.8) is 0 Å². The second kappa shape index (κ2) is 8.61. The van der Waals surface area contributed by atoms with Crippen molar-refractivity contribution in [2.24, 2.45) is 0 Å². The summed E-state index contributed by atoms with van der Waals surface area (Å²) in [5.41, 5.74) is -5.07. The fourth-order valence-corrected chi connectivity index (χ4v) is 5.51. The zero-order valence-corrected chi connectivity index (χ0v) is 17.5. The van der Waals surface area contributed by atoms with Crippen LogP contribution in [0.15, 0.2) is 72.8 Å². The summed E-state index contributed by atoms with van der Waals surface area (Å²) in [5, 5.41) is -0.852. The van der Waals surface area contributed by atoms with Crippen LogP contribution < -0.4 is 10.6 Å². The second-order valence-electron chi connectivity index (χ2n) is 7.08. The predicted molar refractivity (Wildman–Crippen MR) is 106 cm³/mol. The largest absolute Gasteiger partial charge is 0.416 e. The zero-order valence-electron chi connectivity index (χ0n) is 16.6. The highest BCUT2D eigenvalue weighted by Gasteiger charge is 2.39. The fraction of sp³-hybridized carbons (Fsp3) is 0.136. The van der Waals surface area contributed by atoms with Crippen molar-refractivity contribution in [3.05, 3.63) is 95.1 Å². The van der Waals surface area contributed by atoms with Gasteiger partial charge in [-0.25, -0.2) is 0 Å². The van der Waals surface area contributed by atoms with Gasteiger partial charge in [0.05, 0.1) is 16.7 Å². The van der Waals surface area contributed by atoms with Crippen LogP contribution in [0.4, 0.5) is 39.5 Å². The Morgan fingerprint density at radius 3 is 1.03 bits per heavy atom. The Bertz CT molecular complexity index is 1160. The molecule has 0 unspecified atom stereocenters. The van der Waals surface area contributed by atoms with Gasteiger partial charge in [0.2, 0.25) is 12.7 Å². The smallest absolute Gasteiger partial charge is 0.305 e. The van der Waals surface area contributed by atoms with Crippen LogP contribution in [0.2, 0.25) is 0 Å². The molecule has 0 heterocycles.